The summed E-state index contributed by atoms with van der Waals surface area (Å²) in [6.45, 7) is 13.8. The zero-order chi connectivity index (χ0) is 22.4. The molecule has 31 heavy (non-hydrogen) atoms. The maximum atomic E-state index is 5.89. The van der Waals surface area contributed by atoms with E-state index in [0.29, 0.717) is 5.88 Å². The lowest BCUT2D eigenvalue weighted by Gasteiger charge is -2.43. The maximum Gasteiger partial charge on any atom is 0.0502 e. The summed E-state index contributed by atoms with van der Waals surface area (Å²) in [5.74, 6) is 0.708. The van der Waals surface area contributed by atoms with Crippen molar-refractivity contribution in [1.29, 1.82) is 0 Å². The molecule has 2 heteroatoms. The van der Waals surface area contributed by atoms with Crippen molar-refractivity contribution in [2.24, 2.45) is 0 Å². The van der Waals surface area contributed by atoms with Crippen molar-refractivity contribution >= 4 is 28.7 Å². The second kappa shape index (κ2) is 8.02. The van der Waals surface area contributed by atoms with Crippen molar-refractivity contribution in [3.8, 4) is 0 Å². The van der Waals surface area contributed by atoms with E-state index in [0.717, 1.165) is 12.8 Å². The predicted octanol–water partition coefficient (Wildman–Crippen LogP) is 8.57. The molecule has 3 aromatic rings. The molecule has 0 fully saturated rings. The molecule has 0 saturated heterocycles. The number of nitrogens with zero attached hydrogens (tertiary/aromatic N) is 1. The summed E-state index contributed by atoms with van der Waals surface area (Å²) in [7, 11) is 0. The molecule has 1 aliphatic heterocycles. The second-order valence-corrected chi connectivity index (χ2v) is 10.8. The van der Waals surface area contributed by atoms with E-state index in [9.17, 15) is 0 Å². The van der Waals surface area contributed by atoms with Crippen LogP contribution >= 0.6 is 11.6 Å². The van der Waals surface area contributed by atoms with Crippen LogP contribution in [0.3, 0.4) is 0 Å². The van der Waals surface area contributed by atoms with Crippen LogP contribution in [0.5, 0.6) is 0 Å². The Bertz CT molecular complexity index is 1090. The van der Waals surface area contributed by atoms with Gasteiger partial charge in [-0.3, -0.25) is 0 Å². The highest BCUT2D eigenvalue weighted by atomic mass is 35.5. The van der Waals surface area contributed by atoms with E-state index < -0.39 is 0 Å². The maximum absolute atomic E-state index is 5.89. The van der Waals surface area contributed by atoms with Crippen molar-refractivity contribution in [3.05, 3.63) is 88.5 Å². The van der Waals surface area contributed by atoms with Gasteiger partial charge in [-0.25, -0.2) is 0 Å². The molecule has 0 aliphatic carbocycles. The van der Waals surface area contributed by atoms with Crippen LogP contribution in [0, 0.1) is 6.92 Å². The molecule has 3 aromatic carbocycles. The number of hydrogen-bond acceptors (Lipinski definition) is 1. The molecule has 0 atom stereocenters. The van der Waals surface area contributed by atoms with Gasteiger partial charge in [0.1, 0.15) is 0 Å². The number of hydrogen-bond donors (Lipinski definition) is 0. The van der Waals surface area contributed by atoms with Gasteiger partial charge in [0, 0.05) is 17.0 Å². The van der Waals surface area contributed by atoms with E-state index in [1.54, 1.807) is 0 Å². The Kier molecular flexibility index (Phi) is 5.68. The molecular weight excluding hydrogens is 398 g/mol. The zero-order valence-corrected chi connectivity index (χ0v) is 20.5. The van der Waals surface area contributed by atoms with Gasteiger partial charge in [0.05, 0.1) is 11.4 Å². The molecule has 0 bridgehead atoms. The van der Waals surface area contributed by atoms with Crippen LogP contribution < -0.4 is 4.90 Å². The number of halogens is 1. The van der Waals surface area contributed by atoms with Gasteiger partial charge in [0.2, 0.25) is 0 Å². The van der Waals surface area contributed by atoms with Gasteiger partial charge in [-0.1, -0.05) is 76.6 Å². The van der Waals surface area contributed by atoms with Crippen molar-refractivity contribution in [2.45, 2.75) is 65.2 Å². The molecule has 0 unspecified atom stereocenters. The molecule has 162 valence electrons. The summed E-state index contributed by atoms with van der Waals surface area (Å²) in [6.07, 6.45) is 2.04. The number of benzene rings is 3. The topological polar surface area (TPSA) is 3.24 Å². The van der Waals surface area contributed by atoms with E-state index >= 15 is 0 Å². The summed E-state index contributed by atoms with van der Waals surface area (Å²) < 4.78 is 0. The molecule has 0 N–H and O–H groups in total. The lowest BCUT2D eigenvalue weighted by Crippen LogP contribution is -2.31. The van der Waals surface area contributed by atoms with E-state index in [4.69, 9.17) is 11.6 Å². The highest BCUT2D eigenvalue weighted by molar-refractivity contribution is 6.17. The van der Waals surface area contributed by atoms with Crippen LogP contribution in [0.1, 0.15) is 68.9 Å². The van der Waals surface area contributed by atoms with Gasteiger partial charge >= 0.3 is 0 Å². The third-order valence-electron chi connectivity index (χ3n) is 6.64. The average Bonchev–Trinajstić information content (AvgIpc) is 2.73. The first-order chi connectivity index (χ1) is 14.6. The quantitative estimate of drug-likeness (QED) is 0.374. The Labute approximate surface area is 193 Å². The largest absolute Gasteiger partial charge is 0.310 e. The number of anilines is 3. The summed E-state index contributed by atoms with van der Waals surface area (Å²) in [5.41, 5.74) is 10.6. The summed E-state index contributed by atoms with van der Waals surface area (Å²) >= 11 is 5.89. The van der Waals surface area contributed by atoms with Crippen LogP contribution in [0.2, 0.25) is 0 Å². The van der Waals surface area contributed by atoms with Crippen LogP contribution in [-0.4, -0.2) is 5.88 Å². The van der Waals surface area contributed by atoms with Gasteiger partial charge < -0.3 is 4.90 Å². The highest BCUT2D eigenvalue weighted by Crippen LogP contribution is 2.52. The van der Waals surface area contributed by atoms with Crippen LogP contribution in [0.4, 0.5) is 17.1 Å². The minimum atomic E-state index is -0.0608. The van der Waals surface area contributed by atoms with Crippen molar-refractivity contribution < 1.29 is 0 Å². The average molecular weight is 432 g/mol. The Morgan fingerprint density at radius 3 is 2.06 bits per heavy atom. The minimum absolute atomic E-state index is 0.0608. The summed E-state index contributed by atoms with van der Waals surface area (Å²) in [4.78, 5) is 2.44. The Morgan fingerprint density at radius 1 is 0.839 bits per heavy atom. The SMILES string of the molecule is Cc1ccc2c(c1)C(C)(C)c1cc(C(C)(C)C)ccc1N2c1ccc(CCCCl)cc1. The van der Waals surface area contributed by atoms with E-state index in [1.165, 1.54) is 44.9 Å². The fourth-order valence-electron chi connectivity index (χ4n) is 4.68. The molecule has 0 aromatic heterocycles. The monoisotopic (exact) mass is 431 g/mol. The van der Waals surface area contributed by atoms with Gasteiger partial charge in [0.15, 0.2) is 0 Å². The fourth-order valence-corrected chi connectivity index (χ4v) is 4.81. The lowest BCUT2D eigenvalue weighted by molar-refractivity contribution is 0.580. The molecule has 0 saturated carbocycles. The Morgan fingerprint density at radius 2 is 1.45 bits per heavy atom. The summed E-state index contributed by atoms with van der Waals surface area (Å²) in [6, 6.07) is 22.9. The lowest BCUT2D eigenvalue weighted by atomic mass is 9.71. The van der Waals surface area contributed by atoms with E-state index in [-0.39, 0.29) is 10.8 Å². The first-order valence-electron chi connectivity index (χ1n) is 11.3. The Balaban J connectivity index is 1.90. The summed E-state index contributed by atoms with van der Waals surface area (Å²) in [5, 5.41) is 0. The smallest absolute Gasteiger partial charge is 0.0502 e. The van der Waals surface area contributed by atoms with Gasteiger partial charge in [-0.2, -0.15) is 0 Å². The number of aryl methyl sites for hydroxylation is 2. The fraction of sp³-hybridized carbons (Fsp3) is 0.379. The second-order valence-electron chi connectivity index (χ2n) is 10.4. The van der Waals surface area contributed by atoms with Crippen LogP contribution in [-0.2, 0) is 17.3 Å². The van der Waals surface area contributed by atoms with Gasteiger partial charge in [-0.05, 0) is 71.7 Å². The molecule has 1 nitrogen and oxygen atoms in total. The van der Waals surface area contributed by atoms with Gasteiger partial charge in [0.25, 0.3) is 0 Å². The normalized spacial score (nSPS) is 14.9. The Hall–Kier alpha value is -2.25. The van der Waals surface area contributed by atoms with E-state index in [2.05, 4.69) is 107 Å². The van der Waals surface area contributed by atoms with Crippen LogP contribution in [0.15, 0.2) is 60.7 Å². The van der Waals surface area contributed by atoms with Gasteiger partial charge in [-0.15, -0.1) is 11.6 Å². The molecule has 1 aliphatic rings. The number of alkyl halides is 1. The standard InChI is InChI=1S/C29H34ClN/c1-20-9-15-26-24(18-20)29(5,6)25-19-22(28(2,3)4)12-16-27(25)31(26)23-13-10-21(11-14-23)8-7-17-30/h9-16,18-19H,7-8,17H2,1-6H3. The molecule has 4 rings (SSSR count). The number of fused-ring (bicyclic) bond motifs is 2. The van der Waals surface area contributed by atoms with Crippen molar-refractivity contribution in [3.63, 3.8) is 0 Å². The molecule has 0 amide bonds. The third kappa shape index (κ3) is 4.01. The first-order valence-corrected chi connectivity index (χ1v) is 11.9. The predicted molar refractivity (Wildman–Crippen MR) is 136 cm³/mol. The molecule has 1 heterocycles. The molecular formula is C29H34ClN. The third-order valence-corrected chi connectivity index (χ3v) is 6.90. The zero-order valence-electron chi connectivity index (χ0n) is 19.7. The van der Waals surface area contributed by atoms with Crippen LogP contribution in [0.25, 0.3) is 0 Å². The number of rotatable bonds is 4. The highest BCUT2D eigenvalue weighted by Gasteiger charge is 2.37. The molecule has 0 radical (unpaired) electrons. The first kappa shape index (κ1) is 22.0. The van der Waals surface area contributed by atoms with Crippen molar-refractivity contribution in [2.75, 3.05) is 10.8 Å². The van der Waals surface area contributed by atoms with Crippen molar-refractivity contribution in [1.82, 2.24) is 0 Å². The van der Waals surface area contributed by atoms with E-state index in [1.807, 2.05) is 0 Å². The minimum Gasteiger partial charge on any atom is -0.310 e. The molecule has 0 spiro atoms.